The summed E-state index contributed by atoms with van der Waals surface area (Å²) in [6.07, 6.45) is 0. The van der Waals surface area contributed by atoms with Gasteiger partial charge in [0.2, 0.25) is 0 Å². The summed E-state index contributed by atoms with van der Waals surface area (Å²) in [7, 11) is 0. The highest BCUT2D eigenvalue weighted by atomic mass is 14.4. The Morgan fingerprint density at radius 3 is 1.21 bits per heavy atom. The molecule has 0 heteroatoms. The van der Waals surface area contributed by atoms with Gasteiger partial charge in [0.25, 0.3) is 0 Å². The van der Waals surface area contributed by atoms with E-state index in [4.69, 9.17) is 0 Å². The molecule has 0 atom stereocenters. The Hall–Kier alpha value is -4.16. The molecule has 0 saturated carbocycles. The molecule has 0 radical (unpaired) electrons. The average molecular weight is 485 g/mol. The van der Waals surface area contributed by atoms with Gasteiger partial charge >= 0.3 is 0 Å². The van der Waals surface area contributed by atoms with E-state index in [0.29, 0.717) is 0 Å². The molecule has 180 valence electrons. The first-order chi connectivity index (χ1) is 18.4. The van der Waals surface area contributed by atoms with Crippen LogP contribution in [-0.4, -0.2) is 0 Å². The minimum absolute atomic E-state index is 0.0328. The van der Waals surface area contributed by atoms with E-state index < -0.39 is 0 Å². The van der Waals surface area contributed by atoms with E-state index in [-0.39, 0.29) is 10.8 Å². The van der Waals surface area contributed by atoms with Crippen molar-refractivity contribution in [2.24, 2.45) is 0 Å². The molecule has 38 heavy (non-hydrogen) atoms. The van der Waals surface area contributed by atoms with E-state index in [1.165, 1.54) is 87.6 Å². The molecule has 0 bridgehead atoms. The van der Waals surface area contributed by atoms with Crippen LogP contribution < -0.4 is 0 Å². The summed E-state index contributed by atoms with van der Waals surface area (Å²) in [5, 5.41) is 11.1. The van der Waals surface area contributed by atoms with Gasteiger partial charge in [0, 0.05) is 10.8 Å². The molecule has 7 aromatic carbocycles. The number of benzene rings is 7. The zero-order valence-corrected chi connectivity index (χ0v) is 22.2. The Kier molecular flexibility index (Phi) is 3.54. The molecule has 0 N–H and O–H groups in total. The third-order valence-corrected chi connectivity index (χ3v) is 9.99. The van der Waals surface area contributed by atoms with Gasteiger partial charge in [-0.1, -0.05) is 113 Å². The van der Waals surface area contributed by atoms with Crippen molar-refractivity contribution in [3.63, 3.8) is 0 Å². The van der Waals surface area contributed by atoms with Gasteiger partial charge < -0.3 is 0 Å². The van der Waals surface area contributed by atoms with Gasteiger partial charge in [-0.15, -0.1) is 0 Å². The Morgan fingerprint density at radius 2 is 0.763 bits per heavy atom. The van der Waals surface area contributed by atoms with Crippen molar-refractivity contribution in [3.8, 4) is 22.3 Å². The lowest BCUT2D eigenvalue weighted by atomic mass is 9.78. The van der Waals surface area contributed by atoms with E-state index in [2.05, 4.69) is 125 Å². The smallest absolute Gasteiger partial charge is 0.0159 e. The van der Waals surface area contributed by atoms with Crippen LogP contribution in [0.25, 0.3) is 65.3 Å². The summed E-state index contributed by atoms with van der Waals surface area (Å²) in [6.45, 7) is 9.59. The molecule has 0 spiro atoms. The SMILES string of the molecule is CC1(C)c2ccccc2-c2c1cc1c3cc4c(c5cccc(c6cccc2c61)c53)-c1ccccc1C4(C)C. The Morgan fingerprint density at radius 1 is 0.368 bits per heavy atom. The van der Waals surface area contributed by atoms with Crippen molar-refractivity contribution >= 4 is 43.1 Å². The third kappa shape index (κ3) is 2.18. The predicted molar refractivity (Wildman–Crippen MR) is 163 cm³/mol. The van der Waals surface area contributed by atoms with Gasteiger partial charge in [-0.25, -0.2) is 0 Å². The maximum Gasteiger partial charge on any atom is 0.0159 e. The molecule has 2 aliphatic rings. The third-order valence-electron chi connectivity index (χ3n) is 9.99. The van der Waals surface area contributed by atoms with Crippen LogP contribution in [0.15, 0.2) is 97.1 Å². The van der Waals surface area contributed by atoms with Gasteiger partial charge in [0.15, 0.2) is 0 Å². The van der Waals surface area contributed by atoms with E-state index in [9.17, 15) is 0 Å². The van der Waals surface area contributed by atoms with Gasteiger partial charge in [0.05, 0.1) is 0 Å². The molecule has 0 heterocycles. The summed E-state index contributed by atoms with van der Waals surface area (Å²) >= 11 is 0. The van der Waals surface area contributed by atoms with Crippen LogP contribution in [-0.2, 0) is 10.8 Å². The number of fused-ring (bicyclic) bond motifs is 10. The van der Waals surface area contributed by atoms with Crippen molar-refractivity contribution < 1.29 is 0 Å². The fourth-order valence-corrected chi connectivity index (χ4v) is 8.19. The molecular weight excluding hydrogens is 456 g/mol. The van der Waals surface area contributed by atoms with E-state index in [0.717, 1.165) is 0 Å². The predicted octanol–water partition coefficient (Wildman–Crippen LogP) is 10.3. The van der Waals surface area contributed by atoms with Crippen LogP contribution in [0.2, 0.25) is 0 Å². The van der Waals surface area contributed by atoms with Crippen molar-refractivity contribution in [1.82, 2.24) is 0 Å². The highest BCUT2D eigenvalue weighted by Gasteiger charge is 2.39. The lowest BCUT2D eigenvalue weighted by molar-refractivity contribution is 0.661. The first kappa shape index (κ1) is 20.8. The molecular formula is C38H28. The van der Waals surface area contributed by atoms with Crippen molar-refractivity contribution in [2.45, 2.75) is 38.5 Å². The summed E-state index contributed by atoms with van der Waals surface area (Å²) in [5.41, 5.74) is 11.4. The zero-order chi connectivity index (χ0) is 25.6. The second-order valence-electron chi connectivity index (χ2n) is 12.5. The lowest BCUT2D eigenvalue weighted by Gasteiger charge is -2.25. The Bertz CT molecular complexity index is 2010. The highest BCUT2D eigenvalue weighted by Crippen LogP contribution is 2.57. The Labute approximate surface area is 222 Å². The maximum atomic E-state index is 2.55. The van der Waals surface area contributed by atoms with E-state index in [1.807, 2.05) is 0 Å². The van der Waals surface area contributed by atoms with Crippen LogP contribution in [0.3, 0.4) is 0 Å². The summed E-state index contributed by atoms with van der Waals surface area (Å²) < 4.78 is 0. The molecule has 0 fully saturated rings. The molecule has 0 saturated heterocycles. The zero-order valence-electron chi connectivity index (χ0n) is 22.2. The van der Waals surface area contributed by atoms with Crippen LogP contribution in [0.1, 0.15) is 49.9 Å². The molecule has 0 unspecified atom stereocenters. The summed E-state index contributed by atoms with van der Waals surface area (Å²) in [6, 6.07) is 37.1. The topological polar surface area (TPSA) is 0 Å². The normalized spacial score (nSPS) is 16.3. The van der Waals surface area contributed by atoms with Crippen LogP contribution in [0.5, 0.6) is 0 Å². The second-order valence-corrected chi connectivity index (χ2v) is 12.5. The van der Waals surface area contributed by atoms with Gasteiger partial charge in [-0.3, -0.25) is 0 Å². The van der Waals surface area contributed by atoms with Gasteiger partial charge in [-0.2, -0.15) is 0 Å². The minimum Gasteiger partial charge on any atom is -0.0619 e. The van der Waals surface area contributed by atoms with Crippen LogP contribution in [0.4, 0.5) is 0 Å². The van der Waals surface area contributed by atoms with Crippen LogP contribution in [0, 0.1) is 0 Å². The number of hydrogen-bond donors (Lipinski definition) is 0. The summed E-state index contributed by atoms with van der Waals surface area (Å²) in [5.74, 6) is 0. The quantitative estimate of drug-likeness (QED) is 0.148. The molecule has 0 aliphatic heterocycles. The second kappa shape index (κ2) is 6.45. The first-order valence-electron chi connectivity index (χ1n) is 13.8. The molecule has 0 amide bonds. The van der Waals surface area contributed by atoms with Crippen molar-refractivity contribution in [2.75, 3.05) is 0 Å². The van der Waals surface area contributed by atoms with Crippen molar-refractivity contribution in [1.29, 1.82) is 0 Å². The van der Waals surface area contributed by atoms with E-state index >= 15 is 0 Å². The monoisotopic (exact) mass is 484 g/mol. The molecule has 7 aromatic rings. The first-order valence-corrected chi connectivity index (χ1v) is 13.8. The van der Waals surface area contributed by atoms with Gasteiger partial charge in [0.1, 0.15) is 0 Å². The largest absolute Gasteiger partial charge is 0.0619 e. The fraction of sp³-hybridized carbons (Fsp3) is 0.158. The summed E-state index contributed by atoms with van der Waals surface area (Å²) in [4.78, 5) is 0. The highest BCUT2D eigenvalue weighted by molar-refractivity contribution is 6.36. The maximum absolute atomic E-state index is 2.55. The Balaban J connectivity index is 1.55. The number of hydrogen-bond acceptors (Lipinski definition) is 0. The molecule has 9 rings (SSSR count). The minimum atomic E-state index is -0.0328. The molecule has 0 aromatic heterocycles. The van der Waals surface area contributed by atoms with E-state index in [1.54, 1.807) is 0 Å². The molecule has 0 nitrogen and oxygen atoms in total. The van der Waals surface area contributed by atoms with Crippen LogP contribution >= 0.6 is 0 Å². The van der Waals surface area contributed by atoms with Crippen molar-refractivity contribution in [3.05, 3.63) is 119 Å². The molecule has 2 aliphatic carbocycles. The average Bonchev–Trinajstić information content (AvgIpc) is 3.31. The lowest BCUT2D eigenvalue weighted by Crippen LogP contribution is -2.15. The number of rotatable bonds is 0. The standard InChI is InChI=1S/C38H28/c1-37(2)29-17-7-5-11-23(29)35-25-15-9-13-21-22-14-10-16-26-34(22)28(27(33(21)25)19-31(35)37)20-32-36(26)24-12-6-8-18-30(24)38(32,3)4/h5-20H,1-4H3. The fourth-order valence-electron chi connectivity index (χ4n) is 8.19. The van der Waals surface area contributed by atoms with Gasteiger partial charge in [-0.05, 0) is 99.7 Å².